The van der Waals surface area contributed by atoms with Gasteiger partial charge in [0.05, 0.1) is 36.7 Å². The molecular formula is C35H28N4O18S8. The van der Waals surface area contributed by atoms with Crippen LogP contribution in [-0.2, 0) is 60.1 Å². The standard InChI is InChI=1S/C35H28N4O18S8/c40-34-30(64(52,53)54)17-20-15-26(62(46,47)48)9-11-28(20)32(34)38-36-22-1-5-24(6-2-22)60(42,43)14-13-58-59-19-61(44,45)25-7-3-23(4-8-25)37-39-33-29-12-10-27(63(49,50)51)16-21(29)18-31(35(33)41)65(55,56)57/h1-12,15-18,40-41H,13-14,19H2,(H,46,47,48)(H,49,50,51)(H,52,53,54)(H,55,56,57)/b38-36+,39-37+. The first-order valence-corrected chi connectivity index (χ1v) is 28.8. The van der Waals surface area contributed by atoms with Gasteiger partial charge < -0.3 is 10.2 Å². The van der Waals surface area contributed by atoms with Crippen molar-refractivity contribution in [3.05, 3.63) is 97.1 Å². The van der Waals surface area contributed by atoms with E-state index in [2.05, 4.69) is 20.5 Å². The molecule has 0 heterocycles. The zero-order valence-electron chi connectivity index (χ0n) is 32.0. The summed E-state index contributed by atoms with van der Waals surface area (Å²) in [5, 5.41) is 35.8. The highest BCUT2D eigenvalue weighted by Gasteiger charge is 2.25. The van der Waals surface area contributed by atoms with E-state index in [9.17, 15) is 78.9 Å². The van der Waals surface area contributed by atoms with Crippen LogP contribution in [0.1, 0.15) is 0 Å². The molecule has 0 aliphatic heterocycles. The number of phenols is 2. The van der Waals surface area contributed by atoms with E-state index in [4.69, 9.17) is 0 Å². The molecule has 0 aliphatic rings. The molecule has 0 radical (unpaired) electrons. The number of hydrogen-bond donors (Lipinski definition) is 6. The van der Waals surface area contributed by atoms with Crippen LogP contribution in [0.3, 0.4) is 0 Å². The molecule has 0 bridgehead atoms. The lowest BCUT2D eigenvalue weighted by atomic mass is 10.1. The molecule has 0 aromatic heterocycles. The maximum atomic E-state index is 13.0. The minimum Gasteiger partial charge on any atom is -0.504 e. The van der Waals surface area contributed by atoms with Crippen molar-refractivity contribution < 1.29 is 78.9 Å². The summed E-state index contributed by atoms with van der Waals surface area (Å²) in [4.78, 5) is -3.62. The number of benzene rings is 6. The molecule has 0 unspecified atom stereocenters. The maximum absolute atomic E-state index is 13.0. The number of nitrogens with zero attached hydrogens (tertiary/aromatic N) is 4. The quantitative estimate of drug-likeness (QED) is 0.0251. The van der Waals surface area contributed by atoms with E-state index in [1.54, 1.807) is 0 Å². The fraction of sp³-hybridized carbons (Fsp3) is 0.0857. The summed E-state index contributed by atoms with van der Waals surface area (Å²) < 4.78 is 184. The molecule has 6 N–H and O–H groups in total. The zero-order chi connectivity index (χ0) is 47.9. The Hall–Kier alpha value is -5.12. The molecule has 6 rings (SSSR count). The Balaban J connectivity index is 1.08. The van der Waals surface area contributed by atoms with Gasteiger partial charge in [-0.25, -0.2) is 16.8 Å². The third-order valence-electron chi connectivity index (χ3n) is 8.84. The molecule has 65 heavy (non-hydrogen) atoms. The first-order valence-electron chi connectivity index (χ1n) is 17.3. The Labute approximate surface area is 377 Å². The van der Waals surface area contributed by atoms with Gasteiger partial charge in [-0.15, -0.1) is 10.2 Å². The highest BCUT2D eigenvalue weighted by Crippen LogP contribution is 2.43. The van der Waals surface area contributed by atoms with Crippen molar-refractivity contribution in [2.75, 3.05) is 16.6 Å². The van der Waals surface area contributed by atoms with Gasteiger partial charge in [0.25, 0.3) is 40.5 Å². The molecule has 0 saturated heterocycles. The van der Waals surface area contributed by atoms with E-state index in [0.29, 0.717) is 0 Å². The Morgan fingerprint density at radius 1 is 0.415 bits per heavy atom. The molecular weight excluding hydrogens is 1020 g/mol. The summed E-state index contributed by atoms with van der Waals surface area (Å²) in [5.41, 5.74) is -0.974. The Morgan fingerprint density at radius 2 is 0.785 bits per heavy atom. The second-order valence-electron chi connectivity index (χ2n) is 13.2. The summed E-state index contributed by atoms with van der Waals surface area (Å²) in [6.07, 6.45) is 0. The minimum atomic E-state index is -5.07. The number of rotatable bonds is 16. The molecule has 0 atom stereocenters. The van der Waals surface area contributed by atoms with Crippen LogP contribution in [0.25, 0.3) is 21.5 Å². The van der Waals surface area contributed by atoms with Gasteiger partial charge in [-0.3, -0.25) is 18.2 Å². The van der Waals surface area contributed by atoms with Crippen LogP contribution in [0, 0.1) is 0 Å². The lowest BCUT2D eigenvalue weighted by Gasteiger charge is -2.09. The Morgan fingerprint density at radius 3 is 1.15 bits per heavy atom. The number of phenolic OH excluding ortho intramolecular Hbond substituents is 2. The van der Waals surface area contributed by atoms with Crippen LogP contribution in [0.4, 0.5) is 22.7 Å². The molecule has 0 aliphatic carbocycles. The predicted molar refractivity (Wildman–Crippen MR) is 236 cm³/mol. The van der Waals surface area contributed by atoms with Crippen LogP contribution >= 0.6 is 21.6 Å². The largest absolute Gasteiger partial charge is 0.504 e. The molecule has 6 aromatic rings. The fourth-order valence-electron chi connectivity index (χ4n) is 5.72. The van der Waals surface area contributed by atoms with E-state index in [0.717, 1.165) is 70.1 Å². The van der Waals surface area contributed by atoms with Gasteiger partial charge >= 0.3 is 0 Å². The third-order valence-corrected chi connectivity index (χ3v) is 19.3. The van der Waals surface area contributed by atoms with Crippen LogP contribution in [0.5, 0.6) is 11.5 Å². The summed E-state index contributed by atoms with van der Waals surface area (Å²) >= 11 is 0. The smallest absolute Gasteiger partial charge is 0.298 e. The van der Waals surface area contributed by atoms with Gasteiger partial charge in [0, 0.05) is 16.5 Å². The summed E-state index contributed by atoms with van der Waals surface area (Å²) in [5.74, 6) is -2.53. The highest BCUT2D eigenvalue weighted by atomic mass is 33.1. The van der Waals surface area contributed by atoms with Crippen molar-refractivity contribution in [2.24, 2.45) is 20.5 Å². The zero-order valence-corrected chi connectivity index (χ0v) is 38.5. The minimum absolute atomic E-state index is 0.0178. The maximum Gasteiger partial charge on any atom is 0.298 e. The second kappa shape index (κ2) is 18.3. The average Bonchev–Trinajstić information content (AvgIpc) is 3.21. The van der Waals surface area contributed by atoms with Gasteiger partial charge in [0.15, 0.2) is 31.2 Å². The molecule has 6 aromatic carbocycles. The molecule has 0 amide bonds. The fourth-order valence-corrected chi connectivity index (χ4v) is 14.6. The van der Waals surface area contributed by atoms with E-state index in [-0.39, 0.29) is 48.5 Å². The van der Waals surface area contributed by atoms with Crippen molar-refractivity contribution in [1.29, 1.82) is 0 Å². The Kier molecular flexibility index (Phi) is 13.9. The summed E-state index contributed by atoms with van der Waals surface area (Å²) in [6.45, 7) is 0. The van der Waals surface area contributed by atoms with Crippen molar-refractivity contribution in [3.63, 3.8) is 0 Å². The van der Waals surface area contributed by atoms with Crippen LogP contribution in [0.15, 0.2) is 147 Å². The number of aromatic hydroxyl groups is 2. The normalized spacial score (nSPS) is 13.4. The van der Waals surface area contributed by atoms with Gasteiger partial charge in [-0.1, -0.05) is 33.7 Å². The van der Waals surface area contributed by atoms with E-state index in [1.165, 1.54) is 48.5 Å². The van der Waals surface area contributed by atoms with Crippen molar-refractivity contribution >= 4 is 126 Å². The first-order chi connectivity index (χ1) is 30.1. The third kappa shape index (κ3) is 11.5. The molecule has 0 fully saturated rings. The highest BCUT2D eigenvalue weighted by molar-refractivity contribution is 8.78. The molecule has 30 heteroatoms. The number of sulfone groups is 2. The topological polar surface area (TPSA) is 376 Å². The van der Waals surface area contributed by atoms with Crippen molar-refractivity contribution in [1.82, 2.24) is 0 Å². The molecule has 0 spiro atoms. The van der Waals surface area contributed by atoms with Gasteiger partial charge in [0.1, 0.15) is 26.3 Å². The van der Waals surface area contributed by atoms with Crippen LogP contribution in [-0.4, -0.2) is 95.5 Å². The van der Waals surface area contributed by atoms with E-state index < -0.39 is 113 Å². The van der Waals surface area contributed by atoms with Gasteiger partial charge in [0.2, 0.25) is 0 Å². The van der Waals surface area contributed by atoms with Crippen molar-refractivity contribution in [3.8, 4) is 11.5 Å². The molecule has 0 saturated carbocycles. The number of azo groups is 2. The lowest BCUT2D eigenvalue weighted by molar-refractivity contribution is 0.443. The lowest BCUT2D eigenvalue weighted by Crippen LogP contribution is -2.08. The number of hydrogen-bond acceptors (Lipinski definition) is 20. The SMILES string of the molecule is O=S(=O)(O)c1ccc2c(/N=N/c3ccc(S(=O)(=O)CCSSCS(=O)(=O)c4ccc(/N=N/c5c(O)c(S(=O)(=O)O)cc6cc(S(=O)(=O)O)ccc56)cc4)cc3)c(O)c(S(=O)(=O)O)cc2c1. The predicted octanol–water partition coefficient (Wildman–Crippen LogP) is 6.81. The average molecular weight is 1050 g/mol. The monoisotopic (exact) mass is 1050 g/mol. The Bertz CT molecular complexity index is 3420. The van der Waals surface area contributed by atoms with Crippen LogP contribution < -0.4 is 0 Å². The second-order valence-corrected chi connectivity index (χ2v) is 25.9. The van der Waals surface area contributed by atoms with Gasteiger partial charge in [-0.2, -0.15) is 43.9 Å². The summed E-state index contributed by atoms with van der Waals surface area (Å²) in [6, 6.07) is 17.0. The van der Waals surface area contributed by atoms with E-state index >= 15 is 0 Å². The number of fused-ring (bicyclic) bond motifs is 2. The molecule has 344 valence electrons. The first kappa shape index (κ1) is 49.3. The van der Waals surface area contributed by atoms with Gasteiger partial charge in [-0.05, 0) is 95.7 Å². The summed E-state index contributed by atoms with van der Waals surface area (Å²) in [7, 11) is -25.6. The van der Waals surface area contributed by atoms with Crippen molar-refractivity contribution in [2.45, 2.75) is 29.4 Å². The molecule has 22 nitrogen and oxygen atoms in total. The van der Waals surface area contributed by atoms with Crippen LogP contribution in [0.2, 0.25) is 0 Å². The van der Waals surface area contributed by atoms with E-state index in [1.807, 2.05) is 0 Å².